The number of rotatable bonds is 6. The molecule has 1 atom stereocenters. The Morgan fingerprint density at radius 2 is 2.18 bits per heavy atom. The highest BCUT2D eigenvalue weighted by atomic mass is 35.5. The normalized spacial score (nSPS) is 19.1. The van der Waals surface area contributed by atoms with Crippen molar-refractivity contribution in [1.82, 2.24) is 4.90 Å². The van der Waals surface area contributed by atoms with Gasteiger partial charge in [0.25, 0.3) is 0 Å². The Labute approximate surface area is 141 Å². The van der Waals surface area contributed by atoms with E-state index in [0.29, 0.717) is 23.1 Å². The molecule has 0 unspecified atom stereocenters. The SMILES string of the molecule is COC(=O)CCCCN1CCO[C@H](c2ccc(Cl)c(Cl)c2)C1. The van der Waals surface area contributed by atoms with E-state index < -0.39 is 0 Å². The number of carbonyl (C=O) groups excluding carboxylic acids is 1. The molecule has 0 aliphatic carbocycles. The molecule has 1 heterocycles. The minimum absolute atomic E-state index is 0.0177. The number of hydrogen-bond acceptors (Lipinski definition) is 4. The Morgan fingerprint density at radius 3 is 2.91 bits per heavy atom. The van der Waals surface area contributed by atoms with E-state index in [0.717, 1.165) is 38.0 Å². The van der Waals surface area contributed by atoms with Crippen LogP contribution in [0.1, 0.15) is 30.9 Å². The van der Waals surface area contributed by atoms with Gasteiger partial charge >= 0.3 is 5.97 Å². The van der Waals surface area contributed by atoms with Gasteiger partial charge in [-0.2, -0.15) is 0 Å². The third-order valence-corrected chi connectivity index (χ3v) is 4.54. The van der Waals surface area contributed by atoms with E-state index in [4.69, 9.17) is 27.9 Å². The van der Waals surface area contributed by atoms with Crippen LogP contribution in [-0.4, -0.2) is 44.2 Å². The van der Waals surface area contributed by atoms with Gasteiger partial charge in [0.05, 0.1) is 29.9 Å². The van der Waals surface area contributed by atoms with Gasteiger partial charge in [-0.15, -0.1) is 0 Å². The number of ether oxygens (including phenoxy) is 2. The molecular formula is C16H21Cl2NO3. The van der Waals surface area contributed by atoms with Crippen molar-refractivity contribution in [3.63, 3.8) is 0 Å². The lowest BCUT2D eigenvalue weighted by molar-refractivity contribution is -0.140. The number of nitrogens with zero attached hydrogens (tertiary/aromatic N) is 1. The predicted octanol–water partition coefficient (Wildman–Crippen LogP) is 3.71. The summed E-state index contributed by atoms with van der Waals surface area (Å²) in [6, 6.07) is 5.63. The molecule has 122 valence electrons. The summed E-state index contributed by atoms with van der Waals surface area (Å²) in [5.74, 6) is -0.143. The summed E-state index contributed by atoms with van der Waals surface area (Å²) in [5, 5.41) is 1.11. The molecule has 1 aromatic carbocycles. The second kappa shape index (κ2) is 8.73. The largest absolute Gasteiger partial charge is 0.469 e. The van der Waals surface area contributed by atoms with Gasteiger partial charge in [0.1, 0.15) is 0 Å². The third-order valence-electron chi connectivity index (χ3n) is 3.80. The van der Waals surface area contributed by atoms with Crippen molar-refractivity contribution >= 4 is 29.2 Å². The number of carbonyl (C=O) groups is 1. The van der Waals surface area contributed by atoms with Gasteiger partial charge in [0, 0.05) is 19.5 Å². The van der Waals surface area contributed by atoms with E-state index in [9.17, 15) is 4.79 Å². The molecular weight excluding hydrogens is 325 g/mol. The molecule has 6 heteroatoms. The molecule has 1 aromatic rings. The molecule has 1 fully saturated rings. The smallest absolute Gasteiger partial charge is 0.305 e. The van der Waals surface area contributed by atoms with Gasteiger partial charge in [-0.1, -0.05) is 29.3 Å². The number of methoxy groups -OCH3 is 1. The highest BCUT2D eigenvalue weighted by Gasteiger charge is 2.22. The quantitative estimate of drug-likeness (QED) is 0.581. The monoisotopic (exact) mass is 345 g/mol. The Balaban J connectivity index is 1.81. The van der Waals surface area contributed by atoms with E-state index in [1.807, 2.05) is 12.1 Å². The van der Waals surface area contributed by atoms with Gasteiger partial charge in [-0.25, -0.2) is 0 Å². The zero-order chi connectivity index (χ0) is 15.9. The highest BCUT2D eigenvalue weighted by Crippen LogP contribution is 2.29. The molecule has 0 N–H and O–H groups in total. The summed E-state index contributed by atoms with van der Waals surface area (Å²) in [4.78, 5) is 13.4. The molecule has 0 aromatic heterocycles. The Kier molecular flexibility index (Phi) is 6.96. The van der Waals surface area contributed by atoms with Crippen LogP contribution in [-0.2, 0) is 14.3 Å². The molecule has 0 radical (unpaired) electrons. The van der Waals surface area contributed by atoms with Crippen LogP contribution in [0.15, 0.2) is 18.2 Å². The van der Waals surface area contributed by atoms with Crippen LogP contribution in [0.2, 0.25) is 10.0 Å². The fourth-order valence-electron chi connectivity index (χ4n) is 2.53. The average Bonchev–Trinajstić information content (AvgIpc) is 2.54. The molecule has 1 saturated heterocycles. The first kappa shape index (κ1) is 17.5. The van der Waals surface area contributed by atoms with Gasteiger partial charge in [-0.3, -0.25) is 9.69 Å². The molecule has 4 nitrogen and oxygen atoms in total. The van der Waals surface area contributed by atoms with Crippen LogP contribution in [0, 0.1) is 0 Å². The lowest BCUT2D eigenvalue weighted by Gasteiger charge is -2.33. The van der Waals surface area contributed by atoms with Crippen LogP contribution in [0.3, 0.4) is 0 Å². The minimum atomic E-state index is -0.143. The Morgan fingerprint density at radius 1 is 1.36 bits per heavy atom. The van der Waals surface area contributed by atoms with Gasteiger partial charge in [0.2, 0.25) is 0 Å². The summed E-state index contributed by atoms with van der Waals surface area (Å²) in [7, 11) is 1.42. The number of halogens is 2. The average molecular weight is 346 g/mol. The minimum Gasteiger partial charge on any atom is -0.469 e. The summed E-state index contributed by atoms with van der Waals surface area (Å²) in [6.45, 7) is 3.40. The van der Waals surface area contributed by atoms with Crippen molar-refractivity contribution in [3.05, 3.63) is 33.8 Å². The maximum Gasteiger partial charge on any atom is 0.305 e. The second-order valence-corrected chi connectivity index (χ2v) is 6.18. The van der Waals surface area contributed by atoms with Crippen molar-refractivity contribution in [2.75, 3.05) is 33.4 Å². The Bertz CT molecular complexity index is 510. The number of unbranched alkanes of at least 4 members (excludes halogenated alkanes) is 1. The lowest BCUT2D eigenvalue weighted by Crippen LogP contribution is -2.38. The van der Waals surface area contributed by atoms with Crippen LogP contribution < -0.4 is 0 Å². The fourth-order valence-corrected chi connectivity index (χ4v) is 2.83. The maximum absolute atomic E-state index is 11.1. The molecule has 0 spiro atoms. The topological polar surface area (TPSA) is 38.8 Å². The van der Waals surface area contributed by atoms with E-state index in [2.05, 4.69) is 9.64 Å². The maximum atomic E-state index is 11.1. The molecule has 22 heavy (non-hydrogen) atoms. The van der Waals surface area contributed by atoms with E-state index >= 15 is 0 Å². The van der Waals surface area contributed by atoms with Crippen molar-refractivity contribution in [1.29, 1.82) is 0 Å². The highest BCUT2D eigenvalue weighted by molar-refractivity contribution is 6.42. The van der Waals surface area contributed by atoms with E-state index in [-0.39, 0.29) is 12.1 Å². The van der Waals surface area contributed by atoms with Crippen LogP contribution in [0.4, 0.5) is 0 Å². The van der Waals surface area contributed by atoms with Crippen molar-refractivity contribution in [2.45, 2.75) is 25.4 Å². The molecule has 2 rings (SSSR count). The van der Waals surface area contributed by atoms with Crippen molar-refractivity contribution in [2.24, 2.45) is 0 Å². The van der Waals surface area contributed by atoms with Gasteiger partial charge in [-0.05, 0) is 37.1 Å². The van der Waals surface area contributed by atoms with Crippen LogP contribution in [0.25, 0.3) is 0 Å². The molecule has 0 saturated carbocycles. The summed E-state index contributed by atoms with van der Waals surface area (Å²) < 4.78 is 10.5. The Hall–Kier alpha value is -0.810. The van der Waals surface area contributed by atoms with Crippen LogP contribution >= 0.6 is 23.2 Å². The number of esters is 1. The van der Waals surface area contributed by atoms with E-state index in [1.54, 1.807) is 6.07 Å². The first-order chi connectivity index (χ1) is 10.6. The predicted molar refractivity (Wildman–Crippen MR) is 87.5 cm³/mol. The summed E-state index contributed by atoms with van der Waals surface area (Å²) >= 11 is 12.0. The van der Waals surface area contributed by atoms with Gasteiger partial charge in [0.15, 0.2) is 0 Å². The summed E-state index contributed by atoms with van der Waals surface area (Å²) in [5.41, 5.74) is 1.05. The molecule has 1 aliphatic rings. The van der Waals surface area contributed by atoms with Crippen molar-refractivity contribution < 1.29 is 14.3 Å². The zero-order valence-electron chi connectivity index (χ0n) is 12.7. The zero-order valence-corrected chi connectivity index (χ0v) is 14.2. The standard InChI is InChI=1S/C16H21Cl2NO3/c1-21-16(20)4-2-3-7-19-8-9-22-15(11-19)12-5-6-13(17)14(18)10-12/h5-6,10,15H,2-4,7-9,11H2,1H3/t15-/m0/s1. The number of hydrogen-bond donors (Lipinski definition) is 0. The van der Waals surface area contributed by atoms with Crippen molar-refractivity contribution in [3.8, 4) is 0 Å². The number of morpholine rings is 1. The fraction of sp³-hybridized carbons (Fsp3) is 0.562. The lowest BCUT2D eigenvalue weighted by atomic mass is 10.1. The molecule has 0 bridgehead atoms. The van der Waals surface area contributed by atoms with Gasteiger partial charge < -0.3 is 9.47 Å². The summed E-state index contributed by atoms with van der Waals surface area (Å²) in [6.07, 6.45) is 2.32. The third kappa shape index (κ3) is 5.13. The van der Waals surface area contributed by atoms with E-state index in [1.165, 1.54) is 7.11 Å². The second-order valence-electron chi connectivity index (χ2n) is 5.37. The first-order valence-corrected chi connectivity index (χ1v) is 8.21. The molecule has 1 aliphatic heterocycles. The molecule has 0 amide bonds. The number of benzene rings is 1. The first-order valence-electron chi connectivity index (χ1n) is 7.46. The van der Waals surface area contributed by atoms with Crippen LogP contribution in [0.5, 0.6) is 0 Å².